The molecule has 1 saturated heterocycles. The lowest BCUT2D eigenvalue weighted by molar-refractivity contribution is -0.138. The molecule has 7 nitrogen and oxygen atoms in total. The summed E-state index contributed by atoms with van der Waals surface area (Å²) in [5.74, 6) is -1.13. The molecule has 0 aliphatic carbocycles. The molecule has 4 N–H and O–H groups in total. The Hall–Kier alpha value is -1.54. The molecular formula is C14H23N3O4S. The minimum Gasteiger partial charge on any atom is -0.480 e. The zero-order valence-electron chi connectivity index (χ0n) is 12.7. The van der Waals surface area contributed by atoms with Gasteiger partial charge in [-0.2, -0.15) is 0 Å². The molecule has 1 heterocycles. The lowest BCUT2D eigenvalue weighted by atomic mass is 10.3. The number of carbonyl (C=O) groups excluding carboxylic acids is 2. The topological polar surface area (TPSA) is 113 Å². The fourth-order valence-electron chi connectivity index (χ4n) is 2.00. The molecule has 1 fully saturated rings. The SMILES string of the molecule is C=C1CC(SCC(N)C(=O)O)C(=O)N1CCC(=O)NCCC. The Morgan fingerprint density at radius 1 is 1.59 bits per heavy atom. The van der Waals surface area contributed by atoms with E-state index in [9.17, 15) is 14.4 Å². The number of aliphatic carboxylic acids is 1. The Bertz CT molecular complexity index is 455. The standard InChI is InChI=1S/C14H23N3O4S/c1-3-5-16-12(18)4-6-17-9(2)7-11(13(17)19)22-8-10(15)14(20)21/h10-11H,2-8,15H2,1H3,(H,16,18)(H,20,21). The summed E-state index contributed by atoms with van der Waals surface area (Å²) in [4.78, 5) is 36.0. The van der Waals surface area contributed by atoms with Crippen molar-refractivity contribution in [3.8, 4) is 0 Å². The van der Waals surface area contributed by atoms with Crippen LogP contribution < -0.4 is 11.1 Å². The van der Waals surface area contributed by atoms with Crippen molar-refractivity contribution >= 4 is 29.5 Å². The van der Waals surface area contributed by atoms with Gasteiger partial charge in [-0.3, -0.25) is 14.4 Å². The van der Waals surface area contributed by atoms with E-state index < -0.39 is 12.0 Å². The van der Waals surface area contributed by atoms with E-state index in [1.807, 2.05) is 6.92 Å². The summed E-state index contributed by atoms with van der Waals surface area (Å²) in [7, 11) is 0. The molecule has 1 rings (SSSR count). The zero-order chi connectivity index (χ0) is 16.7. The van der Waals surface area contributed by atoms with Gasteiger partial charge in [-0.1, -0.05) is 13.5 Å². The summed E-state index contributed by atoms with van der Waals surface area (Å²) in [5, 5.41) is 11.1. The molecule has 0 aromatic heterocycles. The second kappa shape index (κ2) is 8.79. The van der Waals surface area contributed by atoms with Crippen LogP contribution in [0.1, 0.15) is 26.2 Å². The monoisotopic (exact) mass is 329 g/mol. The molecule has 1 aliphatic rings. The van der Waals surface area contributed by atoms with E-state index in [1.165, 1.54) is 16.7 Å². The maximum Gasteiger partial charge on any atom is 0.321 e. The molecule has 2 atom stereocenters. The van der Waals surface area contributed by atoms with Crippen molar-refractivity contribution in [2.45, 2.75) is 37.5 Å². The molecule has 0 spiro atoms. The van der Waals surface area contributed by atoms with Gasteiger partial charge in [0.25, 0.3) is 0 Å². The number of nitrogens with zero attached hydrogens (tertiary/aromatic N) is 1. The number of hydrogen-bond acceptors (Lipinski definition) is 5. The number of hydrogen-bond donors (Lipinski definition) is 3. The smallest absolute Gasteiger partial charge is 0.321 e. The molecule has 0 bridgehead atoms. The predicted molar refractivity (Wildman–Crippen MR) is 85.2 cm³/mol. The molecule has 0 radical (unpaired) electrons. The van der Waals surface area contributed by atoms with Gasteiger partial charge in [0.2, 0.25) is 11.8 Å². The van der Waals surface area contributed by atoms with Crippen molar-refractivity contribution in [1.29, 1.82) is 0 Å². The van der Waals surface area contributed by atoms with Gasteiger partial charge in [-0.05, 0) is 6.42 Å². The average molecular weight is 329 g/mol. The van der Waals surface area contributed by atoms with Gasteiger partial charge in [-0.25, -0.2) is 0 Å². The molecule has 8 heteroatoms. The van der Waals surface area contributed by atoms with Crippen LogP contribution in [0.15, 0.2) is 12.3 Å². The fourth-order valence-corrected chi connectivity index (χ4v) is 3.16. The van der Waals surface area contributed by atoms with Crippen LogP contribution in [0.2, 0.25) is 0 Å². The van der Waals surface area contributed by atoms with Crippen molar-refractivity contribution in [3.05, 3.63) is 12.3 Å². The van der Waals surface area contributed by atoms with E-state index >= 15 is 0 Å². The maximum atomic E-state index is 12.2. The second-order valence-electron chi connectivity index (χ2n) is 5.13. The summed E-state index contributed by atoms with van der Waals surface area (Å²) in [6.07, 6.45) is 1.56. The van der Waals surface area contributed by atoms with Crippen molar-refractivity contribution in [2.24, 2.45) is 5.73 Å². The molecule has 22 heavy (non-hydrogen) atoms. The van der Waals surface area contributed by atoms with E-state index in [2.05, 4.69) is 11.9 Å². The van der Waals surface area contributed by atoms with Crippen molar-refractivity contribution in [2.75, 3.05) is 18.8 Å². The highest BCUT2D eigenvalue weighted by molar-refractivity contribution is 8.00. The average Bonchev–Trinajstić information content (AvgIpc) is 2.74. The number of likely N-dealkylation sites (tertiary alicyclic amines) is 1. The summed E-state index contributed by atoms with van der Waals surface area (Å²) in [5.41, 5.74) is 6.10. The van der Waals surface area contributed by atoms with E-state index in [-0.39, 0.29) is 29.2 Å². The number of carbonyl (C=O) groups is 3. The fraction of sp³-hybridized carbons (Fsp3) is 0.643. The number of amides is 2. The molecule has 2 unspecified atom stereocenters. The van der Waals surface area contributed by atoms with Crippen molar-refractivity contribution in [3.63, 3.8) is 0 Å². The van der Waals surface area contributed by atoms with Crippen LogP contribution >= 0.6 is 11.8 Å². The van der Waals surface area contributed by atoms with Crippen molar-refractivity contribution in [1.82, 2.24) is 10.2 Å². The van der Waals surface area contributed by atoms with Gasteiger partial charge >= 0.3 is 5.97 Å². The number of nitrogens with two attached hydrogens (primary N) is 1. The first-order valence-corrected chi connectivity index (χ1v) is 8.27. The van der Waals surface area contributed by atoms with Crippen LogP contribution in [0.5, 0.6) is 0 Å². The number of nitrogens with one attached hydrogen (secondary N) is 1. The summed E-state index contributed by atoms with van der Waals surface area (Å²) in [6, 6.07) is -0.986. The minimum absolute atomic E-state index is 0.0912. The van der Waals surface area contributed by atoms with Gasteiger partial charge in [0.05, 0.1) is 5.25 Å². The first-order valence-electron chi connectivity index (χ1n) is 7.22. The minimum atomic E-state index is -1.08. The van der Waals surface area contributed by atoms with Gasteiger partial charge in [0.1, 0.15) is 6.04 Å². The number of thioether (sulfide) groups is 1. The highest BCUT2D eigenvalue weighted by Gasteiger charge is 2.35. The summed E-state index contributed by atoms with van der Waals surface area (Å²) >= 11 is 1.23. The van der Waals surface area contributed by atoms with Gasteiger partial charge in [0, 0.05) is 37.4 Å². The van der Waals surface area contributed by atoms with Crippen molar-refractivity contribution < 1.29 is 19.5 Å². The molecule has 1 aliphatic heterocycles. The van der Waals surface area contributed by atoms with Crippen LogP contribution in [0.3, 0.4) is 0 Å². The highest BCUT2D eigenvalue weighted by Crippen LogP contribution is 2.30. The molecule has 0 saturated carbocycles. The Balaban J connectivity index is 2.43. The van der Waals surface area contributed by atoms with Crippen LogP contribution in [0.4, 0.5) is 0 Å². The van der Waals surface area contributed by atoms with Gasteiger partial charge in [-0.15, -0.1) is 11.8 Å². The van der Waals surface area contributed by atoms with Gasteiger partial charge in [0.15, 0.2) is 0 Å². The Labute approximate surface area is 134 Å². The Morgan fingerprint density at radius 3 is 2.86 bits per heavy atom. The molecular weight excluding hydrogens is 306 g/mol. The van der Waals surface area contributed by atoms with E-state index in [4.69, 9.17) is 10.8 Å². The van der Waals surface area contributed by atoms with E-state index in [1.54, 1.807) is 0 Å². The third-order valence-corrected chi connectivity index (χ3v) is 4.60. The Morgan fingerprint density at radius 2 is 2.27 bits per heavy atom. The molecule has 0 aromatic carbocycles. The first-order chi connectivity index (χ1) is 10.4. The highest BCUT2D eigenvalue weighted by atomic mass is 32.2. The van der Waals surface area contributed by atoms with Crippen LogP contribution in [-0.4, -0.2) is 57.9 Å². The number of rotatable bonds is 9. The normalized spacial score (nSPS) is 19.4. The molecule has 0 aromatic rings. The largest absolute Gasteiger partial charge is 0.480 e. The summed E-state index contributed by atoms with van der Waals surface area (Å²) < 4.78 is 0. The van der Waals surface area contributed by atoms with Crippen LogP contribution in [-0.2, 0) is 14.4 Å². The first kappa shape index (κ1) is 18.5. The van der Waals surface area contributed by atoms with Gasteiger partial charge < -0.3 is 21.1 Å². The summed E-state index contributed by atoms with van der Waals surface area (Å²) in [6.45, 7) is 6.74. The quantitative estimate of drug-likeness (QED) is 0.555. The third-order valence-electron chi connectivity index (χ3n) is 3.27. The number of carboxylic acids is 1. The maximum absolute atomic E-state index is 12.2. The second-order valence-corrected chi connectivity index (χ2v) is 6.36. The van der Waals surface area contributed by atoms with E-state index in [0.717, 1.165) is 6.42 Å². The molecule has 124 valence electrons. The zero-order valence-corrected chi connectivity index (χ0v) is 13.5. The predicted octanol–water partition coefficient (Wildman–Crippen LogP) is 0.162. The molecule has 2 amide bonds. The number of carboxylic acid groups (broad SMARTS) is 1. The van der Waals surface area contributed by atoms with E-state index in [0.29, 0.717) is 25.2 Å². The van der Waals surface area contributed by atoms with Crippen LogP contribution in [0.25, 0.3) is 0 Å². The number of allylic oxidation sites excluding steroid dienone is 1. The Kier molecular flexibility index (Phi) is 7.40. The van der Waals surface area contributed by atoms with Crippen LogP contribution in [0, 0.1) is 0 Å². The lowest BCUT2D eigenvalue weighted by Crippen LogP contribution is -2.35. The lowest BCUT2D eigenvalue weighted by Gasteiger charge is -2.17. The third kappa shape index (κ3) is 5.34.